The van der Waals surface area contributed by atoms with Crippen LogP contribution in [-0.4, -0.2) is 40.2 Å². The average Bonchev–Trinajstić information content (AvgIpc) is 2.70. The van der Waals surface area contributed by atoms with E-state index in [1.165, 1.54) is 4.57 Å². The minimum atomic E-state index is -1.09. The van der Waals surface area contributed by atoms with Crippen LogP contribution in [0.4, 0.5) is 0 Å². The fourth-order valence-electron chi connectivity index (χ4n) is 3.51. The first-order valence-electron chi connectivity index (χ1n) is 9.25. The molecule has 1 N–H and O–H groups in total. The molecule has 5 nitrogen and oxygen atoms in total. The zero-order chi connectivity index (χ0) is 19.4. The van der Waals surface area contributed by atoms with Crippen molar-refractivity contribution in [3.8, 4) is 11.1 Å². The first-order chi connectivity index (χ1) is 13.1. The maximum absolute atomic E-state index is 13.1. The number of aromatic carboxylic acids is 1. The lowest BCUT2D eigenvalue weighted by molar-refractivity contribution is 0.0683. The van der Waals surface area contributed by atoms with Gasteiger partial charge in [0.25, 0.3) is 5.56 Å². The van der Waals surface area contributed by atoms with Crippen LogP contribution in [0, 0.1) is 0 Å². The molecule has 27 heavy (non-hydrogen) atoms. The maximum Gasteiger partial charge on any atom is 0.353 e. The molecule has 0 saturated carbocycles. The van der Waals surface area contributed by atoms with E-state index in [2.05, 4.69) is 18.7 Å². The summed E-state index contributed by atoms with van der Waals surface area (Å²) in [4.78, 5) is 27.5. The van der Waals surface area contributed by atoms with Gasteiger partial charge in [-0.1, -0.05) is 62.4 Å². The number of carboxylic acid groups (broad SMARTS) is 1. The third kappa shape index (κ3) is 3.64. The van der Waals surface area contributed by atoms with Crippen LogP contribution in [0.15, 0.2) is 59.4 Å². The first kappa shape index (κ1) is 18.9. The van der Waals surface area contributed by atoms with Crippen LogP contribution >= 0.6 is 0 Å². The number of carboxylic acids is 1. The van der Waals surface area contributed by atoms with Crippen LogP contribution in [0.5, 0.6) is 0 Å². The SMILES string of the molecule is CCN(CC)CCn1c(C(=O)O)c(-c2ccccc2)c2ccccc2c1=O. The average molecular weight is 364 g/mol. The van der Waals surface area contributed by atoms with Gasteiger partial charge in [0.15, 0.2) is 0 Å². The van der Waals surface area contributed by atoms with Gasteiger partial charge in [-0.15, -0.1) is 0 Å². The van der Waals surface area contributed by atoms with E-state index in [1.807, 2.05) is 48.5 Å². The van der Waals surface area contributed by atoms with Gasteiger partial charge in [0.05, 0.1) is 0 Å². The number of hydrogen-bond donors (Lipinski definition) is 1. The summed E-state index contributed by atoms with van der Waals surface area (Å²) in [6.45, 7) is 6.78. The van der Waals surface area contributed by atoms with Crippen LogP contribution in [-0.2, 0) is 6.54 Å². The molecule has 5 heteroatoms. The van der Waals surface area contributed by atoms with E-state index in [9.17, 15) is 14.7 Å². The quantitative estimate of drug-likeness (QED) is 0.694. The van der Waals surface area contributed by atoms with E-state index < -0.39 is 5.97 Å². The van der Waals surface area contributed by atoms with Crippen molar-refractivity contribution in [2.24, 2.45) is 0 Å². The third-order valence-corrected chi connectivity index (χ3v) is 4.98. The van der Waals surface area contributed by atoms with Crippen molar-refractivity contribution < 1.29 is 9.90 Å². The van der Waals surface area contributed by atoms with Crippen molar-refractivity contribution in [3.05, 3.63) is 70.6 Å². The molecule has 0 radical (unpaired) electrons. The second-order valence-corrected chi connectivity index (χ2v) is 6.42. The molecule has 0 aliphatic carbocycles. The van der Waals surface area contributed by atoms with E-state index in [0.29, 0.717) is 29.4 Å². The molecule has 0 fully saturated rings. The Labute approximate surface area is 158 Å². The van der Waals surface area contributed by atoms with Crippen LogP contribution in [0.25, 0.3) is 21.9 Å². The van der Waals surface area contributed by atoms with Crippen LogP contribution < -0.4 is 5.56 Å². The Kier molecular flexibility index (Phi) is 5.72. The molecule has 140 valence electrons. The van der Waals surface area contributed by atoms with Gasteiger partial charge in [0.2, 0.25) is 0 Å². The van der Waals surface area contributed by atoms with E-state index >= 15 is 0 Å². The number of hydrogen-bond acceptors (Lipinski definition) is 3. The van der Waals surface area contributed by atoms with Crippen molar-refractivity contribution >= 4 is 16.7 Å². The minimum absolute atomic E-state index is 0.0528. The van der Waals surface area contributed by atoms with Crippen molar-refractivity contribution in [1.82, 2.24) is 9.47 Å². The summed E-state index contributed by atoms with van der Waals surface area (Å²) < 4.78 is 1.42. The Morgan fingerprint density at radius 2 is 1.56 bits per heavy atom. The van der Waals surface area contributed by atoms with Crippen molar-refractivity contribution in [2.45, 2.75) is 20.4 Å². The Morgan fingerprint density at radius 1 is 0.963 bits per heavy atom. The molecule has 2 aromatic carbocycles. The summed E-state index contributed by atoms with van der Waals surface area (Å²) in [6.07, 6.45) is 0. The molecule has 0 spiro atoms. The number of benzene rings is 2. The van der Waals surface area contributed by atoms with Gasteiger partial charge < -0.3 is 14.6 Å². The van der Waals surface area contributed by atoms with E-state index in [1.54, 1.807) is 6.07 Å². The molecular formula is C22H24N2O3. The molecule has 0 aliphatic rings. The number of carbonyl (C=O) groups is 1. The van der Waals surface area contributed by atoms with Gasteiger partial charge in [-0.05, 0) is 30.1 Å². The van der Waals surface area contributed by atoms with Gasteiger partial charge in [-0.25, -0.2) is 4.79 Å². The van der Waals surface area contributed by atoms with Gasteiger partial charge in [0.1, 0.15) is 5.69 Å². The van der Waals surface area contributed by atoms with Gasteiger partial charge in [-0.3, -0.25) is 4.79 Å². The number of pyridine rings is 1. The number of fused-ring (bicyclic) bond motifs is 1. The maximum atomic E-state index is 13.1. The summed E-state index contributed by atoms with van der Waals surface area (Å²) in [5.41, 5.74) is 1.19. The monoisotopic (exact) mass is 364 g/mol. The summed E-state index contributed by atoms with van der Waals surface area (Å²) >= 11 is 0. The van der Waals surface area contributed by atoms with Crippen LogP contribution in [0.1, 0.15) is 24.3 Å². The van der Waals surface area contributed by atoms with E-state index in [4.69, 9.17) is 0 Å². The Balaban J connectivity index is 2.31. The Morgan fingerprint density at radius 3 is 2.15 bits per heavy atom. The van der Waals surface area contributed by atoms with E-state index in [0.717, 1.165) is 18.7 Å². The van der Waals surface area contributed by atoms with Crippen LogP contribution in [0.3, 0.4) is 0 Å². The second kappa shape index (κ2) is 8.18. The molecule has 3 rings (SSSR count). The zero-order valence-electron chi connectivity index (χ0n) is 15.7. The zero-order valence-corrected chi connectivity index (χ0v) is 15.7. The fourth-order valence-corrected chi connectivity index (χ4v) is 3.51. The Hall–Kier alpha value is -2.92. The predicted molar refractivity (Wildman–Crippen MR) is 108 cm³/mol. The molecule has 0 saturated heterocycles. The second-order valence-electron chi connectivity index (χ2n) is 6.42. The standard InChI is InChI=1S/C22H24N2O3/c1-3-23(4-2)14-15-24-20(22(26)27)19(16-10-6-5-7-11-16)17-12-8-9-13-18(17)21(24)25/h5-13H,3-4,14-15H2,1-2H3,(H,26,27). The topological polar surface area (TPSA) is 62.5 Å². The molecule has 3 aromatic rings. The lowest BCUT2D eigenvalue weighted by atomic mass is 9.96. The molecule has 0 bridgehead atoms. The summed E-state index contributed by atoms with van der Waals surface area (Å²) in [6, 6.07) is 16.6. The number of aromatic nitrogens is 1. The molecule has 0 unspecified atom stereocenters. The molecule has 0 aliphatic heterocycles. The van der Waals surface area contributed by atoms with Crippen molar-refractivity contribution in [3.63, 3.8) is 0 Å². The Bertz CT molecular complexity index is 1010. The summed E-state index contributed by atoms with van der Waals surface area (Å²) in [5, 5.41) is 11.2. The lowest BCUT2D eigenvalue weighted by Crippen LogP contribution is -2.34. The van der Waals surface area contributed by atoms with E-state index in [-0.39, 0.29) is 11.3 Å². The number of likely N-dealkylation sites (N-methyl/N-ethyl adjacent to an activating group) is 1. The van der Waals surface area contributed by atoms with Crippen LogP contribution in [0.2, 0.25) is 0 Å². The fraction of sp³-hybridized carbons (Fsp3) is 0.273. The third-order valence-electron chi connectivity index (χ3n) is 4.98. The minimum Gasteiger partial charge on any atom is -0.477 e. The van der Waals surface area contributed by atoms with Gasteiger partial charge >= 0.3 is 5.97 Å². The highest BCUT2D eigenvalue weighted by molar-refractivity contribution is 6.06. The summed E-state index contributed by atoms with van der Waals surface area (Å²) in [5.74, 6) is -1.09. The lowest BCUT2D eigenvalue weighted by Gasteiger charge is -2.21. The highest BCUT2D eigenvalue weighted by Gasteiger charge is 2.22. The number of rotatable bonds is 7. The van der Waals surface area contributed by atoms with Gasteiger partial charge in [-0.2, -0.15) is 0 Å². The highest BCUT2D eigenvalue weighted by Crippen LogP contribution is 2.30. The molecular weight excluding hydrogens is 340 g/mol. The van der Waals surface area contributed by atoms with Gasteiger partial charge in [0, 0.05) is 24.0 Å². The molecule has 1 aromatic heterocycles. The molecule has 0 amide bonds. The molecule has 0 atom stereocenters. The molecule has 1 heterocycles. The summed E-state index contributed by atoms with van der Waals surface area (Å²) in [7, 11) is 0. The van der Waals surface area contributed by atoms with Crippen molar-refractivity contribution in [2.75, 3.05) is 19.6 Å². The number of nitrogens with zero attached hydrogens (tertiary/aromatic N) is 2. The normalized spacial score (nSPS) is 11.2. The first-order valence-corrected chi connectivity index (χ1v) is 9.25. The smallest absolute Gasteiger partial charge is 0.353 e. The largest absolute Gasteiger partial charge is 0.477 e. The predicted octanol–water partition coefficient (Wildman–Crippen LogP) is 3.71. The van der Waals surface area contributed by atoms with Crippen molar-refractivity contribution in [1.29, 1.82) is 0 Å². The highest BCUT2D eigenvalue weighted by atomic mass is 16.4.